The first-order valence-corrected chi connectivity index (χ1v) is 7.92. The number of anilines is 2. The Hall–Kier alpha value is -1.92. The molecule has 0 atom stereocenters. The number of hydrogen-bond donors (Lipinski definition) is 2. The van der Waals surface area contributed by atoms with Crippen LogP contribution >= 0.6 is 11.6 Å². The monoisotopic (exact) mass is 326 g/mol. The maximum atomic E-state index is 12.4. The molecular formula is C14H15ClN2O3S. The third kappa shape index (κ3) is 3.40. The van der Waals surface area contributed by atoms with E-state index >= 15 is 0 Å². The van der Waals surface area contributed by atoms with Gasteiger partial charge in [-0.1, -0.05) is 17.7 Å². The van der Waals surface area contributed by atoms with Crippen LogP contribution in [0.5, 0.6) is 5.75 Å². The van der Waals surface area contributed by atoms with Crippen LogP contribution in [0.4, 0.5) is 11.4 Å². The smallest absolute Gasteiger partial charge is 0.261 e. The minimum absolute atomic E-state index is 0.0599. The van der Waals surface area contributed by atoms with Gasteiger partial charge in [0.1, 0.15) is 5.75 Å². The molecule has 0 amide bonds. The molecule has 3 N–H and O–H groups in total. The Morgan fingerprint density at radius 3 is 2.57 bits per heavy atom. The van der Waals surface area contributed by atoms with E-state index in [1.54, 1.807) is 31.2 Å². The van der Waals surface area contributed by atoms with Gasteiger partial charge in [-0.2, -0.15) is 0 Å². The Morgan fingerprint density at radius 1 is 1.24 bits per heavy atom. The van der Waals surface area contributed by atoms with Gasteiger partial charge in [0.05, 0.1) is 28.4 Å². The lowest BCUT2D eigenvalue weighted by Gasteiger charge is -2.11. The highest BCUT2D eigenvalue weighted by Gasteiger charge is 2.17. The fraction of sp³-hybridized carbons (Fsp3) is 0.143. The molecule has 2 rings (SSSR count). The number of nitrogen functional groups attached to an aromatic ring is 1. The average Bonchev–Trinajstić information content (AvgIpc) is 2.44. The topological polar surface area (TPSA) is 81.4 Å². The number of benzene rings is 2. The zero-order chi connectivity index (χ0) is 15.6. The molecule has 0 unspecified atom stereocenters. The molecular weight excluding hydrogens is 312 g/mol. The maximum Gasteiger partial charge on any atom is 0.261 e. The molecule has 0 radical (unpaired) electrons. The van der Waals surface area contributed by atoms with E-state index in [-0.39, 0.29) is 10.6 Å². The summed E-state index contributed by atoms with van der Waals surface area (Å²) in [6, 6.07) is 9.44. The fourth-order valence-electron chi connectivity index (χ4n) is 1.82. The fourth-order valence-corrected chi connectivity index (χ4v) is 3.10. The third-order valence-corrected chi connectivity index (χ3v) is 4.77. The van der Waals surface area contributed by atoms with Crippen LogP contribution in [0.2, 0.25) is 5.02 Å². The van der Waals surface area contributed by atoms with Crippen LogP contribution in [0.15, 0.2) is 41.3 Å². The summed E-state index contributed by atoms with van der Waals surface area (Å²) < 4.78 is 32.3. The molecule has 0 fully saturated rings. The predicted octanol–water partition coefficient (Wildman–Crippen LogP) is 3.04. The van der Waals surface area contributed by atoms with Gasteiger partial charge < -0.3 is 10.5 Å². The zero-order valence-corrected chi connectivity index (χ0v) is 13.1. The van der Waals surface area contributed by atoms with Crippen molar-refractivity contribution < 1.29 is 13.2 Å². The second-order valence-corrected chi connectivity index (χ2v) is 6.54. The Balaban J connectivity index is 2.38. The number of nitrogens with two attached hydrogens (primary N) is 1. The SMILES string of the molecule is COc1cccc(NS(=O)(=O)c2cc(C)c(Cl)c(N)c2)c1. The van der Waals surface area contributed by atoms with Crippen LogP contribution in [0.25, 0.3) is 0 Å². The molecule has 0 spiro atoms. The van der Waals surface area contributed by atoms with Gasteiger partial charge in [0, 0.05) is 6.07 Å². The molecule has 0 aliphatic rings. The minimum atomic E-state index is -3.74. The Kier molecular flexibility index (Phi) is 4.29. The number of nitrogens with one attached hydrogen (secondary N) is 1. The van der Waals surface area contributed by atoms with E-state index in [2.05, 4.69) is 4.72 Å². The first-order chi connectivity index (χ1) is 9.83. The normalized spacial score (nSPS) is 11.2. The lowest BCUT2D eigenvalue weighted by atomic mass is 10.2. The van der Waals surface area contributed by atoms with Crippen molar-refractivity contribution in [3.05, 3.63) is 47.0 Å². The second kappa shape index (κ2) is 5.83. The summed E-state index contributed by atoms with van der Waals surface area (Å²) in [4.78, 5) is 0.0599. The first kappa shape index (κ1) is 15.5. The van der Waals surface area contributed by atoms with E-state index in [0.29, 0.717) is 22.0 Å². The van der Waals surface area contributed by atoms with Crippen molar-refractivity contribution in [3.8, 4) is 5.75 Å². The molecule has 2 aromatic carbocycles. The molecule has 0 saturated carbocycles. The lowest BCUT2D eigenvalue weighted by Crippen LogP contribution is -2.13. The van der Waals surface area contributed by atoms with Gasteiger partial charge in [0.2, 0.25) is 0 Å². The number of rotatable bonds is 4. The highest BCUT2D eigenvalue weighted by atomic mass is 35.5. The highest BCUT2D eigenvalue weighted by molar-refractivity contribution is 7.92. The van der Waals surface area contributed by atoms with Gasteiger partial charge in [-0.25, -0.2) is 8.42 Å². The van der Waals surface area contributed by atoms with E-state index in [4.69, 9.17) is 22.1 Å². The molecule has 0 saturated heterocycles. The number of hydrogen-bond acceptors (Lipinski definition) is 4. The number of halogens is 1. The van der Waals surface area contributed by atoms with Crippen molar-refractivity contribution in [2.45, 2.75) is 11.8 Å². The van der Waals surface area contributed by atoms with Crippen LogP contribution in [-0.2, 0) is 10.0 Å². The molecule has 5 nitrogen and oxygen atoms in total. The second-order valence-electron chi connectivity index (χ2n) is 4.48. The summed E-state index contributed by atoms with van der Waals surface area (Å²) in [6.45, 7) is 1.70. The van der Waals surface area contributed by atoms with Gasteiger partial charge in [-0.05, 0) is 36.8 Å². The molecule has 0 aromatic heterocycles. The molecule has 112 valence electrons. The Bertz CT molecular complexity index is 753. The van der Waals surface area contributed by atoms with Crippen molar-refractivity contribution in [2.24, 2.45) is 0 Å². The van der Waals surface area contributed by atoms with Gasteiger partial charge in [-0.15, -0.1) is 0 Å². The van der Waals surface area contributed by atoms with Gasteiger partial charge in [0.15, 0.2) is 0 Å². The summed E-state index contributed by atoms with van der Waals surface area (Å²) in [6.07, 6.45) is 0. The van der Waals surface area contributed by atoms with E-state index in [1.165, 1.54) is 19.2 Å². The first-order valence-electron chi connectivity index (χ1n) is 6.06. The maximum absolute atomic E-state index is 12.4. The Morgan fingerprint density at radius 2 is 1.95 bits per heavy atom. The van der Waals surface area contributed by atoms with Crippen molar-refractivity contribution in [3.63, 3.8) is 0 Å². The minimum Gasteiger partial charge on any atom is -0.497 e. The summed E-state index contributed by atoms with van der Waals surface area (Å²) >= 11 is 5.94. The molecule has 0 bridgehead atoms. The summed E-state index contributed by atoms with van der Waals surface area (Å²) in [5.41, 5.74) is 6.94. The van der Waals surface area contributed by atoms with Crippen LogP contribution in [0.1, 0.15) is 5.56 Å². The van der Waals surface area contributed by atoms with Crippen LogP contribution < -0.4 is 15.2 Å². The third-order valence-electron chi connectivity index (χ3n) is 2.89. The van der Waals surface area contributed by atoms with E-state index in [1.807, 2.05) is 0 Å². The van der Waals surface area contributed by atoms with Gasteiger partial charge in [-0.3, -0.25) is 4.72 Å². The summed E-state index contributed by atoms with van der Waals surface area (Å²) in [7, 11) is -2.23. The standard InChI is InChI=1S/C14H15ClN2O3S/c1-9-6-12(8-13(16)14(9)15)21(18,19)17-10-4-3-5-11(7-10)20-2/h3-8,17H,16H2,1-2H3. The van der Waals surface area contributed by atoms with Crippen molar-refractivity contribution in [1.29, 1.82) is 0 Å². The van der Waals surface area contributed by atoms with Gasteiger partial charge >= 0.3 is 0 Å². The zero-order valence-electron chi connectivity index (χ0n) is 11.6. The largest absolute Gasteiger partial charge is 0.497 e. The number of ether oxygens (including phenoxy) is 1. The highest BCUT2D eigenvalue weighted by Crippen LogP contribution is 2.28. The average molecular weight is 327 g/mol. The van der Waals surface area contributed by atoms with Crippen molar-refractivity contribution in [2.75, 3.05) is 17.6 Å². The molecule has 0 aliphatic carbocycles. The summed E-state index contributed by atoms with van der Waals surface area (Å²) in [5.74, 6) is 0.557. The van der Waals surface area contributed by atoms with E-state index in [9.17, 15) is 8.42 Å². The number of methoxy groups -OCH3 is 1. The van der Waals surface area contributed by atoms with Gasteiger partial charge in [0.25, 0.3) is 10.0 Å². The van der Waals surface area contributed by atoms with E-state index in [0.717, 1.165) is 0 Å². The van der Waals surface area contributed by atoms with Crippen LogP contribution in [0.3, 0.4) is 0 Å². The van der Waals surface area contributed by atoms with Crippen LogP contribution in [0, 0.1) is 6.92 Å². The molecule has 7 heteroatoms. The number of sulfonamides is 1. The Labute approximate surface area is 128 Å². The van der Waals surface area contributed by atoms with Crippen molar-refractivity contribution in [1.82, 2.24) is 0 Å². The summed E-state index contributed by atoms with van der Waals surface area (Å²) in [5, 5.41) is 0.357. The molecule has 0 aliphatic heterocycles. The quantitative estimate of drug-likeness (QED) is 0.846. The van der Waals surface area contributed by atoms with E-state index < -0.39 is 10.0 Å². The van der Waals surface area contributed by atoms with Crippen molar-refractivity contribution >= 4 is 33.0 Å². The molecule has 0 heterocycles. The molecule has 21 heavy (non-hydrogen) atoms. The molecule has 2 aromatic rings. The predicted molar refractivity (Wildman–Crippen MR) is 84.4 cm³/mol. The lowest BCUT2D eigenvalue weighted by molar-refractivity contribution is 0.415. The van der Waals surface area contributed by atoms with Crippen LogP contribution in [-0.4, -0.2) is 15.5 Å². The number of aryl methyl sites for hydroxylation is 1.